The molecule has 6 nitrogen and oxygen atoms in total. The molecular weight excluding hydrogens is 314 g/mol. The summed E-state index contributed by atoms with van der Waals surface area (Å²) in [6.07, 6.45) is 1.24. The van der Waals surface area contributed by atoms with E-state index >= 15 is 0 Å². The van der Waals surface area contributed by atoms with Crippen molar-refractivity contribution in [1.82, 2.24) is 10.6 Å². The number of nitrogens with one attached hydrogen (secondary N) is 2. The lowest BCUT2D eigenvalue weighted by Gasteiger charge is -2.24. The van der Waals surface area contributed by atoms with E-state index in [4.69, 9.17) is 4.74 Å². The Kier molecular flexibility index (Phi) is 6.87. The molecule has 0 aromatic heterocycles. The Morgan fingerprint density at radius 1 is 1.26 bits per heavy atom. The van der Waals surface area contributed by atoms with Crippen molar-refractivity contribution < 1.29 is 13.2 Å². The summed E-state index contributed by atoms with van der Waals surface area (Å²) in [7, 11) is -1.53. The Morgan fingerprint density at radius 3 is 2.48 bits per heavy atom. The second-order valence-corrected chi connectivity index (χ2v) is 8.54. The molecule has 23 heavy (non-hydrogen) atoms. The summed E-state index contributed by atoms with van der Waals surface area (Å²) < 4.78 is 28.0. The van der Waals surface area contributed by atoms with Gasteiger partial charge in [0.15, 0.2) is 15.8 Å². The van der Waals surface area contributed by atoms with E-state index in [1.165, 1.54) is 6.26 Å². The van der Waals surface area contributed by atoms with Crippen molar-refractivity contribution in [3.05, 3.63) is 29.8 Å². The molecule has 0 bridgehead atoms. The van der Waals surface area contributed by atoms with Crippen molar-refractivity contribution in [3.8, 4) is 5.75 Å². The number of hydrogen-bond donors (Lipinski definition) is 2. The minimum absolute atomic E-state index is 0.281. The number of benzene rings is 1. The van der Waals surface area contributed by atoms with Crippen LogP contribution in [0.25, 0.3) is 0 Å². The zero-order chi connectivity index (χ0) is 17.5. The number of ether oxygens (including phenoxy) is 1. The van der Waals surface area contributed by atoms with Crippen LogP contribution in [-0.2, 0) is 16.4 Å². The first-order valence-corrected chi connectivity index (χ1v) is 9.44. The number of methoxy groups -OCH3 is 1. The summed E-state index contributed by atoms with van der Waals surface area (Å²) in [4.78, 5) is 4.50. The Morgan fingerprint density at radius 2 is 1.91 bits per heavy atom. The molecule has 0 atom stereocenters. The van der Waals surface area contributed by atoms with Crippen molar-refractivity contribution in [3.63, 3.8) is 0 Å². The number of nitrogens with zero attached hydrogens (tertiary/aromatic N) is 1. The number of aliphatic imine (C=N–C) groups is 1. The highest BCUT2D eigenvalue weighted by atomic mass is 32.2. The monoisotopic (exact) mass is 341 g/mol. The number of sulfone groups is 1. The van der Waals surface area contributed by atoms with Gasteiger partial charge in [-0.3, -0.25) is 0 Å². The number of rotatable bonds is 7. The molecule has 0 radical (unpaired) electrons. The third-order valence-electron chi connectivity index (χ3n) is 3.63. The summed E-state index contributed by atoms with van der Waals surface area (Å²) in [5.74, 6) is 1.36. The minimum atomic E-state index is -3.16. The molecule has 1 aromatic carbocycles. The molecule has 0 saturated heterocycles. The van der Waals surface area contributed by atoms with Crippen molar-refractivity contribution in [2.24, 2.45) is 4.99 Å². The third-order valence-corrected chi connectivity index (χ3v) is 5.78. The van der Waals surface area contributed by atoms with E-state index in [1.54, 1.807) is 21.0 Å². The smallest absolute Gasteiger partial charge is 0.191 e. The number of guanidine groups is 1. The van der Waals surface area contributed by atoms with Crippen LogP contribution in [-0.4, -0.2) is 45.6 Å². The molecule has 1 rings (SSSR count). The predicted octanol–water partition coefficient (Wildman–Crippen LogP) is 1.57. The molecule has 0 unspecified atom stereocenters. The van der Waals surface area contributed by atoms with Crippen LogP contribution in [0.2, 0.25) is 0 Å². The van der Waals surface area contributed by atoms with Gasteiger partial charge in [-0.15, -0.1) is 0 Å². The average Bonchev–Trinajstić information content (AvgIpc) is 2.49. The number of para-hydroxylation sites is 1. The Balaban J connectivity index is 2.82. The maximum Gasteiger partial charge on any atom is 0.191 e. The molecule has 0 fully saturated rings. The maximum atomic E-state index is 11.8. The number of hydrogen-bond acceptors (Lipinski definition) is 4. The van der Waals surface area contributed by atoms with E-state index in [9.17, 15) is 8.42 Å². The molecular formula is C16H27N3O3S. The highest BCUT2D eigenvalue weighted by molar-refractivity contribution is 7.92. The van der Waals surface area contributed by atoms with Crippen LogP contribution in [0.4, 0.5) is 0 Å². The van der Waals surface area contributed by atoms with Gasteiger partial charge < -0.3 is 15.4 Å². The van der Waals surface area contributed by atoms with E-state index < -0.39 is 14.6 Å². The lowest BCUT2D eigenvalue weighted by Crippen LogP contribution is -2.47. The molecule has 0 aliphatic heterocycles. The van der Waals surface area contributed by atoms with E-state index in [1.807, 2.05) is 31.2 Å². The first-order chi connectivity index (χ1) is 10.7. The predicted molar refractivity (Wildman–Crippen MR) is 94.7 cm³/mol. The maximum absolute atomic E-state index is 11.8. The van der Waals surface area contributed by atoms with Crippen LogP contribution in [0.15, 0.2) is 29.3 Å². The van der Waals surface area contributed by atoms with Gasteiger partial charge in [-0.2, -0.15) is 0 Å². The summed E-state index contributed by atoms with van der Waals surface area (Å²) in [6, 6.07) is 7.68. The van der Waals surface area contributed by atoms with Crippen molar-refractivity contribution >= 4 is 15.8 Å². The largest absolute Gasteiger partial charge is 0.496 e. The van der Waals surface area contributed by atoms with Gasteiger partial charge in [0.1, 0.15) is 5.75 Å². The van der Waals surface area contributed by atoms with Crippen LogP contribution < -0.4 is 15.4 Å². The standard InChI is InChI=1S/C16H27N3O3S/c1-6-17-15(19-12-16(2,3)23(5,20)21)18-11-13-9-7-8-10-14(13)22-4/h7-10H,6,11-12H2,1-5H3,(H2,17,18,19). The lowest BCUT2D eigenvalue weighted by atomic mass is 10.2. The van der Waals surface area contributed by atoms with Gasteiger partial charge in [0.25, 0.3) is 0 Å². The van der Waals surface area contributed by atoms with Crippen molar-refractivity contribution in [1.29, 1.82) is 0 Å². The topological polar surface area (TPSA) is 79.8 Å². The Hall–Kier alpha value is -1.76. The highest BCUT2D eigenvalue weighted by Crippen LogP contribution is 2.18. The molecule has 7 heteroatoms. The van der Waals surface area contributed by atoms with Gasteiger partial charge in [-0.1, -0.05) is 18.2 Å². The molecule has 0 saturated carbocycles. The zero-order valence-corrected chi connectivity index (χ0v) is 15.3. The third kappa shape index (κ3) is 5.74. The molecule has 130 valence electrons. The lowest BCUT2D eigenvalue weighted by molar-refractivity contribution is 0.410. The summed E-state index contributed by atoms with van der Waals surface area (Å²) in [5.41, 5.74) is 0.967. The first-order valence-electron chi connectivity index (χ1n) is 7.55. The Labute approximate surface area is 139 Å². The van der Waals surface area contributed by atoms with E-state index in [-0.39, 0.29) is 6.54 Å². The molecule has 0 amide bonds. The Bertz CT molecular complexity index is 640. The fourth-order valence-corrected chi connectivity index (χ4v) is 2.10. The fourth-order valence-electron chi connectivity index (χ4n) is 1.77. The van der Waals surface area contributed by atoms with Gasteiger partial charge in [-0.05, 0) is 26.8 Å². The van der Waals surface area contributed by atoms with Crippen LogP contribution in [0.3, 0.4) is 0 Å². The average molecular weight is 341 g/mol. The molecule has 0 heterocycles. The van der Waals surface area contributed by atoms with Crippen LogP contribution in [0.1, 0.15) is 26.3 Å². The SMILES string of the molecule is CCNC(=NCc1ccccc1OC)NCC(C)(C)S(C)(=O)=O. The zero-order valence-electron chi connectivity index (χ0n) is 14.5. The van der Waals surface area contributed by atoms with E-state index in [0.29, 0.717) is 19.0 Å². The fraction of sp³-hybridized carbons (Fsp3) is 0.562. The second-order valence-electron chi connectivity index (χ2n) is 5.89. The molecule has 1 aromatic rings. The van der Waals surface area contributed by atoms with Crippen molar-refractivity contribution in [2.45, 2.75) is 32.1 Å². The summed E-state index contributed by atoms with van der Waals surface area (Å²) in [6.45, 7) is 6.76. The van der Waals surface area contributed by atoms with Gasteiger partial charge in [-0.25, -0.2) is 13.4 Å². The molecule has 0 aliphatic carbocycles. The summed E-state index contributed by atoms with van der Waals surface area (Å²) in [5, 5.41) is 6.21. The normalized spacial score (nSPS) is 12.8. The van der Waals surface area contributed by atoms with Gasteiger partial charge in [0.2, 0.25) is 0 Å². The van der Waals surface area contributed by atoms with Crippen LogP contribution >= 0.6 is 0 Å². The quantitative estimate of drug-likeness (QED) is 0.581. The second kappa shape index (κ2) is 8.19. The van der Waals surface area contributed by atoms with Crippen LogP contribution in [0, 0.1) is 0 Å². The van der Waals surface area contributed by atoms with Crippen molar-refractivity contribution in [2.75, 3.05) is 26.5 Å². The van der Waals surface area contributed by atoms with E-state index in [2.05, 4.69) is 15.6 Å². The molecule has 0 spiro atoms. The highest BCUT2D eigenvalue weighted by Gasteiger charge is 2.30. The van der Waals surface area contributed by atoms with E-state index in [0.717, 1.165) is 11.3 Å². The first kappa shape index (κ1) is 19.3. The van der Waals surface area contributed by atoms with Gasteiger partial charge >= 0.3 is 0 Å². The minimum Gasteiger partial charge on any atom is -0.496 e. The molecule has 0 aliphatic rings. The van der Waals surface area contributed by atoms with Gasteiger partial charge in [0.05, 0.1) is 18.4 Å². The van der Waals surface area contributed by atoms with Gasteiger partial charge in [0, 0.05) is 24.9 Å². The summed E-state index contributed by atoms with van der Waals surface area (Å²) >= 11 is 0. The van der Waals surface area contributed by atoms with Crippen LogP contribution in [0.5, 0.6) is 5.75 Å². The molecule has 2 N–H and O–H groups in total.